The average Bonchev–Trinajstić information content (AvgIpc) is 3.42. The number of benzene rings is 2. The molecule has 1 radical (unpaired) electrons. The summed E-state index contributed by atoms with van der Waals surface area (Å²) in [4.78, 5) is 11.7. The molecule has 0 heterocycles. The first-order chi connectivity index (χ1) is 23.2. The van der Waals surface area contributed by atoms with E-state index in [4.69, 9.17) is 9.16 Å². The maximum Gasteiger partial charge on any atom is 0.305 e. The van der Waals surface area contributed by atoms with Crippen LogP contribution in [0.4, 0.5) is 8.78 Å². The van der Waals surface area contributed by atoms with Gasteiger partial charge < -0.3 is 9.16 Å². The predicted octanol–water partition coefficient (Wildman–Crippen LogP) is 11.4. The van der Waals surface area contributed by atoms with E-state index in [9.17, 15) is 4.79 Å². The van der Waals surface area contributed by atoms with E-state index in [1.54, 1.807) is 0 Å². The number of hydrogen-bond acceptors (Lipinski definition) is 3. The lowest BCUT2D eigenvalue weighted by molar-refractivity contribution is -0.237. The van der Waals surface area contributed by atoms with Crippen molar-refractivity contribution in [2.45, 2.75) is 135 Å². The van der Waals surface area contributed by atoms with E-state index in [0.717, 1.165) is 57.8 Å². The number of alkyl halides is 2. The molecule has 4 aliphatic rings. The van der Waals surface area contributed by atoms with Gasteiger partial charge in [0.15, 0.2) is 0 Å². The van der Waals surface area contributed by atoms with Gasteiger partial charge in [0.2, 0.25) is 9.04 Å². The summed E-state index contributed by atoms with van der Waals surface area (Å²) in [6.07, 6.45) is 8.86. The first-order valence-corrected chi connectivity index (χ1v) is 20.8. The Balaban J connectivity index is 1.20. The quantitative estimate of drug-likeness (QED) is 0.184. The van der Waals surface area contributed by atoms with Gasteiger partial charge in [0.1, 0.15) is 0 Å². The standard InChI is InChI=1S/C43H61F2O3Si/c1-29(15-14-20-37(46)47-7)34-21-22-35-38-36(24-26-42(34,35)6)41(5)25-23-33(27-32(41)28-43(38,44)45)48-49(40(2,3)4)39(30-16-10-8-11-17-30)31-18-12-9-13-19-31/h8-13,16-19,29,32-36,38-39H,14-15,20-28H2,1-7H3/t29-,32?,33+,34-,35+,36+,38+,41+,42-/m1/s1. The lowest BCUT2D eigenvalue weighted by Gasteiger charge is -2.63. The Morgan fingerprint density at radius 3 is 2.08 bits per heavy atom. The zero-order chi connectivity index (χ0) is 35.2. The van der Waals surface area contributed by atoms with Crippen molar-refractivity contribution in [2.24, 2.45) is 46.3 Å². The monoisotopic (exact) mass is 691 g/mol. The second-order valence-corrected chi connectivity index (χ2v) is 21.0. The summed E-state index contributed by atoms with van der Waals surface area (Å²) in [6.45, 7) is 14.0. The summed E-state index contributed by atoms with van der Waals surface area (Å²) >= 11 is 0. The van der Waals surface area contributed by atoms with Crippen LogP contribution in [-0.2, 0) is 14.0 Å². The van der Waals surface area contributed by atoms with Crippen LogP contribution in [0.5, 0.6) is 0 Å². The molecule has 6 heteroatoms. The fourth-order valence-electron chi connectivity index (χ4n) is 11.7. The normalized spacial score (nSPS) is 34.6. The van der Waals surface area contributed by atoms with Gasteiger partial charge in [0.25, 0.3) is 5.92 Å². The van der Waals surface area contributed by atoms with E-state index in [-0.39, 0.29) is 57.7 Å². The topological polar surface area (TPSA) is 35.5 Å². The molecule has 0 bridgehead atoms. The summed E-state index contributed by atoms with van der Waals surface area (Å²) < 4.78 is 45.8. The molecule has 9 atom stereocenters. The van der Waals surface area contributed by atoms with Crippen molar-refractivity contribution in [1.82, 2.24) is 0 Å². The van der Waals surface area contributed by atoms with Crippen LogP contribution in [0, 0.1) is 46.3 Å². The highest BCUT2D eigenvalue weighted by atomic mass is 28.3. The van der Waals surface area contributed by atoms with E-state index in [0.29, 0.717) is 18.3 Å². The van der Waals surface area contributed by atoms with Crippen LogP contribution < -0.4 is 0 Å². The third-order valence-corrected chi connectivity index (χ3v) is 17.5. The van der Waals surface area contributed by atoms with Gasteiger partial charge in [-0.1, -0.05) is 102 Å². The van der Waals surface area contributed by atoms with Gasteiger partial charge >= 0.3 is 5.97 Å². The summed E-state index contributed by atoms with van der Waals surface area (Å²) in [7, 11) is -0.0265. The SMILES string of the molecule is COC(=O)CCC[C@@H](C)[C@H]1CC[C@H]2[C@H]3[C@H](CC[C@]12C)[C@@]1(C)CC[C@H](O[Si](C(c2ccccc2)c2ccccc2)C(C)(C)C)CC1CC3(F)F. The molecule has 2 aromatic carbocycles. The van der Waals surface area contributed by atoms with E-state index in [2.05, 4.69) is 102 Å². The molecule has 269 valence electrons. The van der Waals surface area contributed by atoms with Crippen LogP contribution in [-0.4, -0.2) is 34.1 Å². The van der Waals surface area contributed by atoms with Crippen molar-refractivity contribution < 1.29 is 22.7 Å². The maximum atomic E-state index is 16.8. The van der Waals surface area contributed by atoms with Crippen LogP contribution in [0.2, 0.25) is 5.04 Å². The van der Waals surface area contributed by atoms with Gasteiger partial charge in [0, 0.05) is 30.4 Å². The number of carbonyl (C=O) groups is 1. The van der Waals surface area contributed by atoms with Crippen molar-refractivity contribution in [3.63, 3.8) is 0 Å². The minimum absolute atomic E-state index is 0.00878. The first-order valence-electron chi connectivity index (χ1n) is 19.3. The van der Waals surface area contributed by atoms with Crippen molar-refractivity contribution in [3.05, 3.63) is 71.8 Å². The van der Waals surface area contributed by atoms with Crippen molar-refractivity contribution in [3.8, 4) is 0 Å². The summed E-state index contributed by atoms with van der Waals surface area (Å²) in [5.41, 5.74) is 2.61. The van der Waals surface area contributed by atoms with Gasteiger partial charge in [-0.05, 0) is 114 Å². The van der Waals surface area contributed by atoms with E-state index in [1.807, 2.05) is 0 Å². The number of ether oxygens (including phenoxy) is 1. The molecule has 4 fully saturated rings. The van der Waals surface area contributed by atoms with Crippen LogP contribution in [0.1, 0.15) is 129 Å². The Labute approximate surface area is 297 Å². The molecule has 0 aliphatic heterocycles. The molecule has 0 saturated heterocycles. The van der Waals surface area contributed by atoms with Gasteiger partial charge in [-0.3, -0.25) is 4.79 Å². The Morgan fingerprint density at radius 1 is 0.898 bits per heavy atom. The smallest absolute Gasteiger partial charge is 0.305 e. The summed E-state index contributed by atoms with van der Waals surface area (Å²) in [6, 6.07) is 21.5. The second-order valence-electron chi connectivity index (χ2n) is 18.0. The molecule has 4 aliphatic carbocycles. The van der Waals surface area contributed by atoms with Gasteiger partial charge in [-0.2, -0.15) is 0 Å². The van der Waals surface area contributed by atoms with E-state index >= 15 is 8.78 Å². The molecule has 4 saturated carbocycles. The summed E-state index contributed by atoms with van der Waals surface area (Å²) in [5, 5.41) is -0.0490. The lowest BCUT2D eigenvalue weighted by atomic mass is 9.43. The van der Waals surface area contributed by atoms with Crippen LogP contribution >= 0.6 is 0 Å². The molecule has 0 N–H and O–H groups in total. The molecule has 49 heavy (non-hydrogen) atoms. The lowest BCUT2D eigenvalue weighted by Crippen LogP contribution is -2.61. The number of hydrogen-bond donors (Lipinski definition) is 0. The Morgan fingerprint density at radius 2 is 1.49 bits per heavy atom. The summed E-state index contributed by atoms with van der Waals surface area (Å²) in [5.74, 6) is -2.32. The Bertz CT molecular complexity index is 1370. The molecule has 3 nitrogen and oxygen atoms in total. The number of esters is 1. The van der Waals surface area contributed by atoms with Gasteiger partial charge in [0.05, 0.1) is 7.11 Å². The number of methoxy groups -OCH3 is 1. The van der Waals surface area contributed by atoms with Crippen molar-refractivity contribution in [1.29, 1.82) is 0 Å². The van der Waals surface area contributed by atoms with Crippen molar-refractivity contribution >= 4 is 15.0 Å². The van der Waals surface area contributed by atoms with E-state index in [1.165, 1.54) is 18.2 Å². The highest BCUT2D eigenvalue weighted by Gasteiger charge is 2.68. The molecule has 0 spiro atoms. The number of fused-ring (bicyclic) bond motifs is 5. The number of rotatable bonds is 10. The average molecular weight is 692 g/mol. The fraction of sp³-hybridized carbons (Fsp3) is 0.698. The van der Waals surface area contributed by atoms with E-state index < -0.39 is 20.9 Å². The molecule has 2 aromatic rings. The molecule has 1 unspecified atom stereocenters. The molecular formula is C43H61F2O3Si. The number of halogens is 2. The fourth-order valence-corrected chi connectivity index (χ4v) is 14.6. The highest BCUT2D eigenvalue weighted by molar-refractivity contribution is 6.58. The second kappa shape index (κ2) is 14.2. The Hall–Kier alpha value is -2.05. The van der Waals surface area contributed by atoms with Crippen LogP contribution in [0.3, 0.4) is 0 Å². The van der Waals surface area contributed by atoms with Crippen molar-refractivity contribution in [2.75, 3.05) is 7.11 Å². The first kappa shape index (κ1) is 36.7. The molecular weight excluding hydrogens is 631 g/mol. The third kappa shape index (κ3) is 7.08. The largest absolute Gasteiger partial charge is 0.469 e. The molecule has 6 rings (SSSR count). The zero-order valence-corrected chi connectivity index (χ0v) is 32.2. The predicted molar refractivity (Wildman–Crippen MR) is 196 cm³/mol. The highest BCUT2D eigenvalue weighted by Crippen LogP contribution is 2.71. The maximum absolute atomic E-state index is 16.8. The Kier molecular flexibility index (Phi) is 10.6. The molecule has 0 aromatic heterocycles. The zero-order valence-electron chi connectivity index (χ0n) is 31.2. The van der Waals surface area contributed by atoms with Gasteiger partial charge in [-0.25, -0.2) is 8.78 Å². The minimum atomic E-state index is -2.65. The van der Waals surface area contributed by atoms with Crippen LogP contribution in [0.25, 0.3) is 0 Å². The molecule has 0 amide bonds. The number of carbonyl (C=O) groups excluding carboxylic acids is 1. The third-order valence-electron chi connectivity index (χ3n) is 14.2. The minimum Gasteiger partial charge on any atom is -0.469 e. The van der Waals surface area contributed by atoms with Crippen LogP contribution in [0.15, 0.2) is 60.7 Å². The van der Waals surface area contributed by atoms with Gasteiger partial charge in [-0.15, -0.1) is 0 Å².